The van der Waals surface area contributed by atoms with Crippen LogP contribution in [-0.2, 0) is 6.42 Å². The van der Waals surface area contributed by atoms with Gasteiger partial charge in [0.15, 0.2) is 0 Å². The molecule has 2 N–H and O–H groups in total. The lowest BCUT2D eigenvalue weighted by Crippen LogP contribution is -2.11. The summed E-state index contributed by atoms with van der Waals surface area (Å²) in [6.07, 6.45) is 1.89. The van der Waals surface area contributed by atoms with Gasteiger partial charge in [0, 0.05) is 6.04 Å². The quantitative estimate of drug-likeness (QED) is 0.900. The van der Waals surface area contributed by atoms with E-state index in [1.165, 1.54) is 11.1 Å². The van der Waals surface area contributed by atoms with Gasteiger partial charge in [-0.3, -0.25) is 0 Å². The number of hydrogen-bond acceptors (Lipinski definition) is 2. The molecule has 1 atom stereocenters. The van der Waals surface area contributed by atoms with Gasteiger partial charge in [0.25, 0.3) is 0 Å². The Bertz CT molecular complexity index is 528. The van der Waals surface area contributed by atoms with Crippen molar-refractivity contribution < 1.29 is 4.74 Å². The highest BCUT2D eigenvalue weighted by Gasteiger charge is 2.07. The average Bonchev–Trinajstić information content (AvgIpc) is 2.46. The number of halogens is 1. The number of ether oxygens (including phenoxy) is 1. The van der Waals surface area contributed by atoms with Crippen LogP contribution >= 0.6 is 15.9 Å². The van der Waals surface area contributed by atoms with E-state index in [4.69, 9.17) is 10.5 Å². The zero-order chi connectivity index (χ0) is 13.7. The van der Waals surface area contributed by atoms with Gasteiger partial charge in [-0.15, -0.1) is 0 Å². The molecular formula is C16H18BrNO. The number of methoxy groups -OCH3 is 1. The van der Waals surface area contributed by atoms with Crippen molar-refractivity contribution in [1.29, 1.82) is 0 Å². The SMILES string of the molecule is COc1ccc(CCC(N)c2ccccc2)cc1Br. The molecule has 2 aromatic carbocycles. The van der Waals surface area contributed by atoms with Crippen LogP contribution in [0, 0.1) is 0 Å². The summed E-state index contributed by atoms with van der Waals surface area (Å²) in [6, 6.07) is 16.5. The fourth-order valence-corrected chi connectivity index (χ4v) is 2.64. The maximum absolute atomic E-state index is 6.20. The maximum Gasteiger partial charge on any atom is 0.133 e. The number of aryl methyl sites for hydroxylation is 1. The van der Waals surface area contributed by atoms with E-state index in [1.807, 2.05) is 24.3 Å². The second-order valence-corrected chi connectivity index (χ2v) is 5.38. The number of rotatable bonds is 5. The van der Waals surface area contributed by atoms with Gasteiger partial charge >= 0.3 is 0 Å². The van der Waals surface area contributed by atoms with Gasteiger partial charge < -0.3 is 10.5 Å². The summed E-state index contributed by atoms with van der Waals surface area (Å²) in [5.41, 5.74) is 8.65. The van der Waals surface area contributed by atoms with Crippen LogP contribution in [0.5, 0.6) is 5.75 Å². The molecule has 0 heterocycles. The summed E-state index contributed by atoms with van der Waals surface area (Å²) >= 11 is 3.50. The molecule has 2 nitrogen and oxygen atoms in total. The molecule has 0 aliphatic carbocycles. The van der Waals surface area contributed by atoms with E-state index >= 15 is 0 Å². The molecule has 3 heteroatoms. The highest BCUT2D eigenvalue weighted by molar-refractivity contribution is 9.10. The van der Waals surface area contributed by atoms with Gasteiger partial charge in [0.1, 0.15) is 5.75 Å². The lowest BCUT2D eigenvalue weighted by atomic mass is 10.00. The molecule has 0 saturated carbocycles. The highest BCUT2D eigenvalue weighted by atomic mass is 79.9. The first-order valence-electron chi connectivity index (χ1n) is 6.33. The smallest absolute Gasteiger partial charge is 0.133 e. The van der Waals surface area contributed by atoms with E-state index in [9.17, 15) is 0 Å². The first kappa shape index (κ1) is 14.1. The molecule has 0 radical (unpaired) electrons. The Morgan fingerprint density at radius 3 is 2.53 bits per heavy atom. The average molecular weight is 320 g/mol. The fourth-order valence-electron chi connectivity index (χ4n) is 2.05. The Kier molecular flexibility index (Phi) is 5.00. The molecule has 2 aromatic rings. The molecule has 2 rings (SSSR count). The van der Waals surface area contributed by atoms with Crippen molar-refractivity contribution in [1.82, 2.24) is 0 Å². The maximum atomic E-state index is 6.20. The molecule has 0 aliphatic heterocycles. The van der Waals surface area contributed by atoms with Gasteiger partial charge in [-0.25, -0.2) is 0 Å². The van der Waals surface area contributed by atoms with Crippen molar-refractivity contribution >= 4 is 15.9 Å². The predicted octanol–water partition coefficient (Wildman–Crippen LogP) is 4.09. The van der Waals surface area contributed by atoms with E-state index in [-0.39, 0.29) is 6.04 Å². The normalized spacial score (nSPS) is 12.2. The minimum absolute atomic E-state index is 0.0853. The van der Waals surface area contributed by atoms with Gasteiger partial charge in [0.2, 0.25) is 0 Å². The van der Waals surface area contributed by atoms with Crippen LogP contribution in [0.15, 0.2) is 53.0 Å². The molecule has 0 amide bonds. The highest BCUT2D eigenvalue weighted by Crippen LogP contribution is 2.26. The molecule has 0 bridgehead atoms. The van der Waals surface area contributed by atoms with Crippen molar-refractivity contribution in [3.05, 3.63) is 64.1 Å². The van der Waals surface area contributed by atoms with Gasteiger partial charge in [-0.1, -0.05) is 36.4 Å². The van der Waals surface area contributed by atoms with Gasteiger partial charge in [0.05, 0.1) is 11.6 Å². The Hall–Kier alpha value is -1.32. The predicted molar refractivity (Wildman–Crippen MR) is 82.4 cm³/mol. The van der Waals surface area contributed by atoms with E-state index < -0.39 is 0 Å². The zero-order valence-corrected chi connectivity index (χ0v) is 12.6. The fraction of sp³-hybridized carbons (Fsp3) is 0.250. The standard InChI is InChI=1S/C16H18BrNO/c1-19-16-10-8-12(11-14(16)17)7-9-15(18)13-5-3-2-4-6-13/h2-6,8,10-11,15H,7,9,18H2,1H3. The van der Waals surface area contributed by atoms with Crippen molar-refractivity contribution in [3.63, 3.8) is 0 Å². The van der Waals surface area contributed by atoms with Crippen LogP contribution in [-0.4, -0.2) is 7.11 Å². The first-order chi connectivity index (χ1) is 9.20. The summed E-state index contributed by atoms with van der Waals surface area (Å²) in [6.45, 7) is 0. The van der Waals surface area contributed by atoms with Gasteiger partial charge in [-0.05, 0) is 52.0 Å². The molecule has 100 valence electrons. The van der Waals surface area contributed by atoms with Crippen molar-refractivity contribution in [3.8, 4) is 5.75 Å². The Balaban J connectivity index is 1.97. The Morgan fingerprint density at radius 2 is 1.89 bits per heavy atom. The zero-order valence-electron chi connectivity index (χ0n) is 11.0. The van der Waals surface area contributed by atoms with Crippen LogP contribution < -0.4 is 10.5 Å². The molecule has 0 saturated heterocycles. The van der Waals surface area contributed by atoms with Crippen LogP contribution in [0.2, 0.25) is 0 Å². The molecule has 0 spiro atoms. The third-order valence-electron chi connectivity index (χ3n) is 3.19. The van der Waals surface area contributed by atoms with Crippen molar-refractivity contribution in [2.75, 3.05) is 7.11 Å². The van der Waals surface area contributed by atoms with Crippen LogP contribution in [0.3, 0.4) is 0 Å². The number of benzene rings is 2. The lowest BCUT2D eigenvalue weighted by Gasteiger charge is -2.12. The van der Waals surface area contributed by atoms with Crippen molar-refractivity contribution in [2.45, 2.75) is 18.9 Å². The van der Waals surface area contributed by atoms with E-state index in [2.05, 4.69) is 40.2 Å². The summed E-state index contributed by atoms with van der Waals surface area (Å²) in [5, 5.41) is 0. The third-order valence-corrected chi connectivity index (χ3v) is 3.81. The minimum atomic E-state index is 0.0853. The molecule has 0 fully saturated rings. The van der Waals surface area contributed by atoms with Crippen molar-refractivity contribution in [2.24, 2.45) is 5.73 Å². The first-order valence-corrected chi connectivity index (χ1v) is 7.13. The third kappa shape index (κ3) is 3.82. The van der Waals surface area contributed by atoms with Crippen LogP contribution in [0.1, 0.15) is 23.6 Å². The number of hydrogen-bond donors (Lipinski definition) is 1. The molecule has 19 heavy (non-hydrogen) atoms. The monoisotopic (exact) mass is 319 g/mol. The molecule has 0 aliphatic rings. The van der Waals surface area contributed by atoms with Gasteiger partial charge in [-0.2, -0.15) is 0 Å². The largest absolute Gasteiger partial charge is 0.496 e. The number of nitrogens with two attached hydrogens (primary N) is 1. The Labute approximate surface area is 122 Å². The second kappa shape index (κ2) is 6.73. The van der Waals surface area contributed by atoms with E-state index in [0.717, 1.165) is 23.1 Å². The lowest BCUT2D eigenvalue weighted by molar-refractivity contribution is 0.412. The molecule has 0 aromatic heterocycles. The van der Waals surface area contributed by atoms with Crippen LogP contribution in [0.25, 0.3) is 0 Å². The summed E-state index contributed by atoms with van der Waals surface area (Å²) in [7, 11) is 1.67. The molecular weight excluding hydrogens is 302 g/mol. The Morgan fingerprint density at radius 1 is 1.16 bits per heavy atom. The van der Waals surface area contributed by atoms with E-state index in [1.54, 1.807) is 7.11 Å². The summed E-state index contributed by atoms with van der Waals surface area (Å²) in [5.74, 6) is 0.858. The summed E-state index contributed by atoms with van der Waals surface area (Å²) < 4.78 is 6.21. The topological polar surface area (TPSA) is 35.2 Å². The van der Waals surface area contributed by atoms with Crippen LogP contribution in [0.4, 0.5) is 0 Å². The minimum Gasteiger partial charge on any atom is -0.496 e. The second-order valence-electron chi connectivity index (χ2n) is 4.52. The van der Waals surface area contributed by atoms with E-state index in [0.29, 0.717) is 0 Å². The summed E-state index contributed by atoms with van der Waals surface area (Å²) in [4.78, 5) is 0. The molecule has 1 unspecified atom stereocenters.